The number of hydrogen-bond acceptors (Lipinski definition) is 5. The van der Waals surface area contributed by atoms with E-state index in [1.165, 1.54) is 18.4 Å². The molecule has 0 N–H and O–H groups in total. The molecule has 0 amide bonds. The number of rotatable bonds is 3. The van der Waals surface area contributed by atoms with Gasteiger partial charge in [0.15, 0.2) is 5.69 Å². The van der Waals surface area contributed by atoms with E-state index in [0.717, 1.165) is 21.9 Å². The molecule has 18 heavy (non-hydrogen) atoms. The smallest absolute Gasteiger partial charge is 0.357 e. The fraction of sp³-hybridized carbons (Fsp3) is 0.231. The first-order chi connectivity index (χ1) is 8.67. The SMILES string of the molecule is COC(=O)c1csc(-c2cccc(C)c2OC)n1. The van der Waals surface area contributed by atoms with Crippen LogP contribution in [-0.2, 0) is 4.74 Å². The highest BCUT2D eigenvalue weighted by Crippen LogP contribution is 2.34. The zero-order valence-corrected chi connectivity index (χ0v) is 11.2. The molecule has 0 unspecified atom stereocenters. The summed E-state index contributed by atoms with van der Waals surface area (Å²) < 4.78 is 10.0. The molecular weight excluding hydrogens is 250 g/mol. The summed E-state index contributed by atoms with van der Waals surface area (Å²) in [5.74, 6) is 0.354. The van der Waals surface area contributed by atoms with Crippen molar-refractivity contribution < 1.29 is 14.3 Å². The lowest BCUT2D eigenvalue weighted by Gasteiger charge is -2.08. The number of aromatic nitrogens is 1. The van der Waals surface area contributed by atoms with Crippen LogP contribution in [0, 0.1) is 6.92 Å². The van der Waals surface area contributed by atoms with Crippen LogP contribution in [-0.4, -0.2) is 25.2 Å². The second-order valence-electron chi connectivity index (χ2n) is 3.69. The van der Waals surface area contributed by atoms with Gasteiger partial charge in [0, 0.05) is 5.38 Å². The minimum absolute atomic E-state index is 0.320. The Morgan fingerprint density at radius 2 is 2.11 bits per heavy atom. The van der Waals surface area contributed by atoms with E-state index >= 15 is 0 Å². The third-order valence-electron chi connectivity index (χ3n) is 2.55. The maximum Gasteiger partial charge on any atom is 0.357 e. The van der Waals surface area contributed by atoms with Gasteiger partial charge in [-0.1, -0.05) is 12.1 Å². The van der Waals surface area contributed by atoms with Crippen LogP contribution in [0.15, 0.2) is 23.6 Å². The third kappa shape index (κ3) is 2.22. The molecule has 1 aromatic heterocycles. The van der Waals surface area contributed by atoms with E-state index < -0.39 is 5.97 Å². The highest BCUT2D eigenvalue weighted by Gasteiger charge is 2.15. The predicted molar refractivity (Wildman–Crippen MR) is 70.2 cm³/mol. The number of methoxy groups -OCH3 is 2. The first-order valence-electron chi connectivity index (χ1n) is 5.35. The van der Waals surface area contributed by atoms with Gasteiger partial charge in [0.2, 0.25) is 0 Å². The van der Waals surface area contributed by atoms with Crippen LogP contribution in [0.4, 0.5) is 0 Å². The van der Waals surface area contributed by atoms with Gasteiger partial charge in [-0.3, -0.25) is 0 Å². The Bertz CT molecular complexity index is 577. The number of aryl methyl sites for hydroxylation is 1. The summed E-state index contributed by atoms with van der Waals surface area (Å²) >= 11 is 1.39. The summed E-state index contributed by atoms with van der Waals surface area (Å²) in [6, 6.07) is 5.83. The molecule has 0 saturated heterocycles. The van der Waals surface area contributed by atoms with Crippen LogP contribution in [0.5, 0.6) is 5.75 Å². The Kier molecular flexibility index (Phi) is 3.62. The van der Waals surface area contributed by atoms with Crippen molar-refractivity contribution in [1.82, 2.24) is 4.98 Å². The van der Waals surface area contributed by atoms with Crippen molar-refractivity contribution in [2.24, 2.45) is 0 Å². The Balaban J connectivity index is 2.46. The first kappa shape index (κ1) is 12.6. The van der Waals surface area contributed by atoms with Crippen molar-refractivity contribution in [1.29, 1.82) is 0 Å². The molecule has 0 radical (unpaired) electrons. The van der Waals surface area contributed by atoms with Crippen LogP contribution >= 0.6 is 11.3 Å². The topological polar surface area (TPSA) is 48.4 Å². The van der Waals surface area contributed by atoms with Crippen LogP contribution < -0.4 is 4.74 Å². The van der Waals surface area contributed by atoms with Gasteiger partial charge in [-0.05, 0) is 18.6 Å². The van der Waals surface area contributed by atoms with E-state index in [-0.39, 0.29) is 0 Å². The number of nitrogens with zero attached hydrogens (tertiary/aromatic N) is 1. The second-order valence-corrected chi connectivity index (χ2v) is 4.54. The van der Waals surface area contributed by atoms with Crippen molar-refractivity contribution >= 4 is 17.3 Å². The van der Waals surface area contributed by atoms with Gasteiger partial charge < -0.3 is 9.47 Å². The van der Waals surface area contributed by atoms with Gasteiger partial charge in [0.05, 0.1) is 19.8 Å². The zero-order valence-electron chi connectivity index (χ0n) is 10.4. The van der Waals surface area contributed by atoms with Crippen molar-refractivity contribution in [2.75, 3.05) is 14.2 Å². The van der Waals surface area contributed by atoms with Gasteiger partial charge in [-0.25, -0.2) is 9.78 Å². The lowest BCUT2D eigenvalue weighted by molar-refractivity contribution is 0.0595. The molecule has 4 nitrogen and oxygen atoms in total. The van der Waals surface area contributed by atoms with E-state index in [2.05, 4.69) is 9.72 Å². The summed E-state index contributed by atoms with van der Waals surface area (Å²) in [4.78, 5) is 15.6. The number of ether oxygens (including phenoxy) is 2. The number of thiazole rings is 1. The maximum atomic E-state index is 11.4. The molecule has 94 valence electrons. The second kappa shape index (κ2) is 5.18. The van der Waals surface area contributed by atoms with Gasteiger partial charge in [-0.2, -0.15) is 0 Å². The Morgan fingerprint density at radius 3 is 2.78 bits per heavy atom. The van der Waals surface area contributed by atoms with Crippen LogP contribution in [0.2, 0.25) is 0 Å². The normalized spacial score (nSPS) is 10.2. The maximum absolute atomic E-state index is 11.4. The van der Waals surface area contributed by atoms with Crippen molar-refractivity contribution in [3.05, 3.63) is 34.8 Å². The fourth-order valence-electron chi connectivity index (χ4n) is 1.69. The molecule has 0 fully saturated rings. The molecule has 1 aromatic carbocycles. The first-order valence-corrected chi connectivity index (χ1v) is 6.23. The summed E-state index contributed by atoms with van der Waals surface area (Å²) in [7, 11) is 2.97. The highest BCUT2D eigenvalue weighted by molar-refractivity contribution is 7.13. The number of carbonyl (C=O) groups is 1. The van der Waals surface area contributed by atoms with E-state index in [4.69, 9.17) is 4.74 Å². The molecule has 2 rings (SSSR count). The number of hydrogen-bond donors (Lipinski definition) is 0. The molecule has 0 spiro atoms. The fourth-order valence-corrected chi connectivity index (χ4v) is 2.50. The van der Waals surface area contributed by atoms with Gasteiger partial charge in [-0.15, -0.1) is 11.3 Å². The minimum Gasteiger partial charge on any atom is -0.496 e. The van der Waals surface area contributed by atoms with E-state index in [1.54, 1.807) is 12.5 Å². The molecule has 2 aromatic rings. The lowest BCUT2D eigenvalue weighted by atomic mass is 10.1. The zero-order chi connectivity index (χ0) is 13.1. The molecule has 1 heterocycles. The van der Waals surface area contributed by atoms with Crippen molar-refractivity contribution in [2.45, 2.75) is 6.92 Å². The van der Waals surface area contributed by atoms with E-state index in [0.29, 0.717) is 5.69 Å². The number of carbonyl (C=O) groups excluding carboxylic acids is 1. The van der Waals surface area contributed by atoms with Gasteiger partial charge in [0.25, 0.3) is 0 Å². The Labute approximate surface area is 109 Å². The number of para-hydroxylation sites is 1. The average molecular weight is 263 g/mol. The van der Waals surface area contributed by atoms with Crippen molar-refractivity contribution in [3.8, 4) is 16.3 Å². The van der Waals surface area contributed by atoms with Gasteiger partial charge in [0.1, 0.15) is 10.8 Å². The molecule has 0 atom stereocenters. The van der Waals surface area contributed by atoms with Crippen molar-refractivity contribution in [3.63, 3.8) is 0 Å². The Hall–Kier alpha value is -1.88. The standard InChI is InChI=1S/C13H13NO3S/c1-8-5-4-6-9(11(8)16-2)12-14-10(7-18-12)13(15)17-3/h4-7H,1-3H3. The van der Waals surface area contributed by atoms with Gasteiger partial charge >= 0.3 is 5.97 Å². The average Bonchev–Trinajstić information content (AvgIpc) is 2.87. The molecule has 5 heteroatoms. The predicted octanol–water partition coefficient (Wildman–Crippen LogP) is 2.91. The van der Waals surface area contributed by atoms with E-state index in [1.807, 2.05) is 25.1 Å². The number of esters is 1. The quantitative estimate of drug-likeness (QED) is 0.799. The molecule has 0 bridgehead atoms. The molecule has 0 aliphatic heterocycles. The molecule has 0 aliphatic rings. The van der Waals surface area contributed by atoms with Crippen LogP contribution in [0.1, 0.15) is 16.1 Å². The molecule has 0 aliphatic carbocycles. The minimum atomic E-state index is -0.427. The van der Waals surface area contributed by atoms with Crippen LogP contribution in [0.3, 0.4) is 0 Å². The largest absolute Gasteiger partial charge is 0.496 e. The molecular formula is C13H13NO3S. The third-order valence-corrected chi connectivity index (χ3v) is 3.42. The monoisotopic (exact) mass is 263 g/mol. The molecule has 0 saturated carbocycles. The van der Waals surface area contributed by atoms with Crippen LogP contribution in [0.25, 0.3) is 10.6 Å². The lowest BCUT2D eigenvalue weighted by Crippen LogP contribution is -2.01. The summed E-state index contributed by atoms with van der Waals surface area (Å²) in [5.41, 5.74) is 2.24. The Morgan fingerprint density at radius 1 is 1.33 bits per heavy atom. The highest BCUT2D eigenvalue weighted by atomic mass is 32.1. The number of benzene rings is 1. The summed E-state index contributed by atoms with van der Waals surface area (Å²) in [5, 5.41) is 2.43. The summed E-state index contributed by atoms with van der Waals surface area (Å²) in [6.07, 6.45) is 0. The summed E-state index contributed by atoms with van der Waals surface area (Å²) in [6.45, 7) is 1.97. The van der Waals surface area contributed by atoms with E-state index in [9.17, 15) is 4.79 Å².